The molecule has 0 radical (unpaired) electrons. The third kappa shape index (κ3) is 3.33. The van der Waals surface area contributed by atoms with Gasteiger partial charge in [0.2, 0.25) is 0 Å². The summed E-state index contributed by atoms with van der Waals surface area (Å²) in [5, 5.41) is 14.9. The van der Waals surface area contributed by atoms with E-state index in [4.69, 9.17) is 16.2 Å². The lowest BCUT2D eigenvalue weighted by Gasteiger charge is -2.12. The molecule has 0 heterocycles. The SMILES string of the molecule is CN(C[13C](=O)O)C(=N)N. The molecule has 0 aliphatic carbocycles. The lowest BCUT2D eigenvalue weighted by Crippen LogP contribution is -2.36. The predicted octanol–water partition coefficient (Wildman–Crippen LogP) is -1.10. The maximum Gasteiger partial charge on any atom is 0.323 e. The van der Waals surface area contributed by atoms with Gasteiger partial charge in [0.25, 0.3) is 0 Å². The highest BCUT2D eigenvalue weighted by Gasteiger charge is 2.03. The molecule has 0 amide bonds. The summed E-state index contributed by atoms with van der Waals surface area (Å²) in [5.41, 5.74) is 4.93. The van der Waals surface area contributed by atoms with Gasteiger partial charge in [0.1, 0.15) is 6.54 Å². The van der Waals surface area contributed by atoms with Crippen molar-refractivity contribution in [1.29, 1.82) is 5.41 Å². The summed E-state index contributed by atoms with van der Waals surface area (Å²) in [6.45, 7) is -0.227. The van der Waals surface area contributed by atoms with Gasteiger partial charge >= 0.3 is 5.97 Å². The van der Waals surface area contributed by atoms with Crippen molar-refractivity contribution in [2.24, 2.45) is 5.73 Å². The van der Waals surface area contributed by atoms with Crippen LogP contribution in [0.2, 0.25) is 0 Å². The summed E-state index contributed by atoms with van der Waals surface area (Å²) in [7, 11) is 1.44. The lowest BCUT2D eigenvalue weighted by molar-refractivity contribution is -0.137. The highest BCUT2D eigenvalue weighted by atomic mass is 16.5. The number of nitrogens with two attached hydrogens (primary N) is 1. The number of carboxylic acids is 1. The predicted molar refractivity (Wildman–Crippen MR) is 32.2 cm³/mol. The zero-order valence-corrected chi connectivity index (χ0v) is 5.09. The van der Waals surface area contributed by atoms with Crippen molar-refractivity contribution in [2.45, 2.75) is 0 Å². The third-order valence-corrected chi connectivity index (χ3v) is 0.784. The van der Waals surface area contributed by atoms with Crippen LogP contribution in [-0.2, 0) is 4.79 Å². The Labute approximate surface area is 52.6 Å². The van der Waals surface area contributed by atoms with Crippen molar-refractivity contribution in [3.63, 3.8) is 0 Å². The summed E-state index contributed by atoms with van der Waals surface area (Å²) in [5.74, 6) is -1.23. The van der Waals surface area contributed by atoms with Crippen LogP contribution in [0.1, 0.15) is 0 Å². The lowest BCUT2D eigenvalue weighted by atomic mass is 10.7. The number of hydrogen-bond acceptors (Lipinski definition) is 2. The third-order valence-electron chi connectivity index (χ3n) is 0.784. The molecule has 0 atom stereocenters. The van der Waals surface area contributed by atoms with Gasteiger partial charge in [-0.25, -0.2) is 0 Å². The number of carboxylic acid groups (broad SMARTS) is 1. The van der Waals surface area contributed by atoms with Crippen molar-refractivity contribution in [3.8, 4) is 0 Å². The molecule has 0 saturated heterocycles. The van der Waals surface area contributed by atoms with E-state index < -0.39 is 5.97 Å². The first kappa shape index (κ1) is 7.74. The molecule has 0 aromatic carbocycles. The van der Waals surface area contributed by atoms with E-state index in [9.17, 15) is 4.79 Å². The number of guanidine groups is 1. The zero-order valence-electron chi connectivity index (χ0n) is 5.09. The quantitative estimate of drug-likeness (QED) is 0.252. The van der Waals surface area contributed by atoms with Crippen LogP contribution >= 0.6 is 0 Å². The Hall–Kier alpha value is -1.26. The Morgan fingerprint density at radius 1 is 1.89 bits per heavy atom. The molecule has 5 heteroatoms. The highest BCUT2D eigenvalue weighted by molar-refractivity contribution is 5.79. The Balaban J connectivity index is 3.63. The Kier molecular flexibility index (Phi) is 2.50. The summed E-state index contributed by atoms with van der Waals surface area (Å²) in [6.07, 6.45) is 0. The van der Waals surface area contributed by atoms with Crippen LogP contribution in [0.5, 0.6) is 0 Å². The van der Waals surface area contributed by atoms with E-state index in [0.717, 1.165) is 4.90 Å². The number of nitrogens with zero attached hydrogens (tertiary/aromatic N) is 1. The number of likely N-dealkylation sites (N-methyl/N-ethyl adjacent to an activating group) is 1. The Bertz CT molecular complexity index is 134. The molecule has 52 valence electrons. The summed E-state index contributed by atoms with van der Waals surface area (Å²) < 4.78 is 0. The molecular formula is C4H9N3O2. The van der Waals surface area contributed by atoms with Gasteiger partial charge in [0, 0.05) is 7.05 Å². The van der Waals surface area contributed by atoms with E-state index >= 15 is 0 Å². The van der Waals surface area contributed by atoms with Crippen LogP contribution in [0.15, 0.2) is 0 Å². The minimum Gasteiger partial charge on any atom is -0.480 e. The van der Waals surface area contributed by atoms with Gasteiger partial charge in [-0.05, 0) is 0 Å². The fourth-order valence-electron chi connectivity index (χ4n) is 0.288. The van der Waals surface area contributed by atoms with Crippen LogP contribution < -0.4 is 5.73 Å². The van der Waals surface area contributed by atoms with Gasteiger partial charge in [-0.15, -0.1) is 0 Å². The van der Waals surface area contributed by atoms with Crippen LogP contribution in [-0.4, -0.2) is 35.5 Å². The van der Waals surface area contributed by atoms with E-state index in [1.165, 1.54) is 7.05 Å². The minimum atomic E-state index is -0.993. The van der Waals surface area contributed by atoms with Crippen LogP contribution in [0, 0.1) is 5.41 Å². The smallest absolute Gasteiger partial charge is 0.323 e. The summed E-state index contributed by atoms with van der Waals surface area (Å²) in [6, 6.07) is 0. The molecule has 0 rings (SSSR count). The van der Waals surface area contributed by atoms with E-state index in [-0.39, 0.29) is 12.5 Å². The van der Waals surface area contributed by atoms with Crippen molar-refractivity contribution >= 4 is 11.9 Å². The molecule has 0 aromatic rings. The van der Waals surface area contributed by atoms with Crippen LogP contribution in [0.3, 0.4) is 0 Å². The average Bonchev–Trinajstić information content (AvgIpc) is 1.63. The van der Waals surface area contributed by atoms with E-state index in [1.54, 1.807) is 0 Å². The molecule has 0 aliphatic heterocycles. The van der Waals surface area contributed by atoms with Crippen molar-refractivity contribution < 1.29 is 9.90 Å². The second kappa shape index (κ2) is 2.91. The van der Waals surface area contributed by atoms with E-state index in [0.29, 0.717) is 0 Å². The Morgan fingerprint density at radius 3 is 2.44 bits per heavy atom. The number of carbonyl (C=O) groups is 1. The van der Waals surface area contributed by atoms with Crippen LogP contribution in [0.25, 0.3) is 0 Å². The molecule has 0 bridgehead atoms. The van der Waals surface area contributed by atoms with E-state index in [2.05, 4.69) is 0 Å². The highest BCUT2D eigenvalue weighted by Crippen LogP contribution is 1.76. The minimum absolute atomic E-state index is 0.227. The summed E-state index contributed by atoms with van der Waals surface area (Å²) >= 11 is 0. The normalized spacial score (nSPS) is 8.56. The zero-order chi connectivity index (χ0) is 7.44. The maximum absolute atomic E-state index is 9.92. The van der Waals surface area contributed by atoms with Crippen molar-refractivity contribution in [2.75, 3.05) is 13.6 Å². The fraction of sp³-hybridized carbons (Fsp3) is 0.500. The largest absolute Gasteiger partial charge is 0.480 e. The van der Waals surface area contributed by atoms with Gasteiger partial charge in [-0.3, -0.25) is 10.2 Å². The first-order valence-corrected chi connectivity index (χ1v) is 2.31. The fourth-order valence-corrected chi connectivity index (χ4v) is 0.288. The molecule has 5 nitrogen and oxygen atoms in total. The first-order chi connectivity index (χ1) is 4.04. The topological polar surface area (TPSA) is 90.4 Å². The van der Waals surface area contributed by atoms with Gasteiger partial charge in [0.15, 0.2) is 5.96 Å². The molecule has 0 unspecified atom stereocenters. The van der Waals surface area contributed by atoms with Crippen LogP contribution in [0.4, 0.5) is 0 Å². The molecule has 0 spiro atoms. The Morgan fingerprint density at radius 2 is 2.33 bits per heavy atom. The first-order valence-electron chi connectivity index (χ1n) is 2.31. The number of hydrogen-bond donors (Lipinski definition) is 3. The van der Waals surface area contributed by atoms with Crippen molar-refractivity contribution in [3.05, 3.63) is 0 Å². The second-order valence-electron chi connectivity index (χ2n) is 1.64. The molecule has 9 heavy (non-hydrogen) atoms. The number of rotatable bonds is 2. The molecule has 0 fully saturated rings. The molecule has 0 saturated carbocycles. The standard InChI is InChI=1S/C4H9N3O2/c1-7(4(5)6)2-3(8)9/h2H2,1H3,(H3,5,6)(H,8,9)/i3+1. The van der Waals surface area contributed by atoms with E-state index in [1.807, 2.05) is 0 Å². The maximum atomic E-state index is 9.92. The monoisotopic (exact) mass is 132 g/mol. The van der Waals surface area contributed by atoms with Gasteiger partial charge in [0.05, 0.1) is 0 Å². The van der Waals surface area contributed by atoms with Gasteiger partial charge in [-0.2, -0.15) is 0 Å². The summed E-state index contributed by atoms with van der Waals surface area (Å²) in [4.78, 5) is 11.0. The molecular weight excluding hydrogens is 123 g/mol. The number of nitrogens with one attached hydrogen (secondary N) is 1. The van der Waals surface area contributed by atoms with Gasteiger partial charge < -0.3 is 15.7 Å². The average molecular weight is 132 g/mol. The molecule has 0 aromatic heterocycles. The molecule has 0 aliphatic rings. The second-order valence-corrected chi connectivity index (χ2v) is 1.64. The van der Waals surface area contributed by atoms with Gasteiger partial charge in [-0.1, -0.05) is 0 Å². The molecule has 4 N–H and O–H groups in total. The van der Waals surface area contributed by atoms with Crippen molar-refractivity contribution in [1.82, 2.24) is 4.90 Å². The number of aliphatic carboxylic acids is 1.